The molecule has 0 aliphatic rings. The fourth-order valence-corrected chi connectivity index (χ4v) is 3.75. The monoisotopic (exact) mass is 579 g/mol. The number of pyridine rings is 1. The van der Waals surface area contributed by atoms with E-state index in [4.69, 9.17) is 9.57 Å². The summed E-state index contributed by atoms with van der Waals surface area (Å²) in [6.45, 7) is 4.15. The molecule has 0 saturated heterocycles. The Kier molecular flexibility index (Phi) is 15.9. The van der Waals surface area contributed by atoms with Crippen molar-refractivity contribution < 1.29 is 28.8 Å². The second-order valence-corrected chi connectivity index (χ2v) is 9.41. The van der Waals surface area contributed by atoms with Crippen LogP contribution in [0.2, 0.25) is 0 Å². The number of hydroxylamine groups is 1. The standard InChI is InChI=1S/C25H28N4O4.C6H13NO2/c1-33-17-21(25(32)28-15-20-10-5-9-19-11-6-14-26-24(19)20)29-23(31)16-27-22(30)13-12-18-7-3-2-4-8-18;1-3-4-5-9-7-6(2)8/h2-11,14,21H,12-13,15-17H2,1H3,(H,27,30)(H,28,32)(H,29,31);3-5H2,1-2H3,(H,7,8). The molecule has 3 aromatic rings. The molecule has 1 atom stereocenters. The fourth-order valence-electron chi connectivity index (χ4n) is 3.75. The molecule has 2 aromatic carbocycles. The highest BCUT2D eigenvalue weighted by atomic mass is 16.6. The van der Waals surface area contributed by atoms with Gasteiger partial charge in [-0.05, 0) is 30.0 Å². The molecule has 11 heteroatoms. The first-order valence-corrected chi connectivity index (χ1v) is 13.9. The van der Waals surface area contributed by atoms with Crippen molar-refractivity contribution in [3.05, 3.63) is 78.0 Å². The van der Waals surface area contributed by atoms with Crippen LogP contribution in [0.25, 0.3) is 10.9 Å². The van der Waals surface area contributed by atoms with Crippen molar-refractivity contribution in [2.45, 2.75) is 52.1 Å². The molecule has 42 heavy (non-hydrogen) atoms. The molecule has 226 valence electrons. The number of methoxy groups -OCH3 is 1. The van der Waals surface area contributed by atoms with Crippen LogP contribution in [-0.2, 0) is 41.7 Å². The van der Waals surface area contributed by atoms with Gasteiger partial charge in [0.2, 0.25) is 23.6 Å². The van der Waals surface area contributed by atoms with Crippen molar-refractivity contribution in [2.75, 3.05) is 26.9 Å². The molecular formula is C31H41N5O6. The van der Waals surface area contributed by atoms with Gasteiger partial charge in [0.15, 0.2) is 0 Å². The topological polar surface area (TPSA) is 148 Å². The summed E-state index contributed by atoms with van der Waals surface area (Å²) in [7, 11) is 1.45. The van der Waals surface area contributed by atoms with E-state index in [0.29, 0.717) is 13.0 Å². The Balaban J connectivity index is 0.000000592. The number of fused-ring (bicyclic) bond motifs is 1. The third-order valence-electron chi connectivity index (χ3n) is 5.90. The Morgan fingerprint density at radius 3 is 2.40 bits per heavy atom. The lowest BCUT2D eigenvalue weighted by atomic mass is 10.1. The summed E-state index contributed by atoms with van der Waals surface area (Å²) in [5.74, 6) is -1.23. The van der Waals surface area contributed by atoms with Gasteiger partial charge in [-0.25, -0.2) is 5.48 Å². The maximum absolute atomic E-state index is 12.7. The first-order valence-electron chi connectivity index (χ1n) is 13.9. The lowest BCUT2D eigenvalue weighted by Gasteiger charge is -2.18. The predicted molar refractivity (Wildman–Crippen MR) is 160 cm³/mol. The molecule has 0 saturated carbocycles. The number of carbonyl (C=O) groups is 4. The van der Waals surface area contributed by atoms with Gasteiger partial charge in [0, 0.05) is 38.6 Å². The van der Waals surface area contributed by atoms with Crippen LogP contribution in [0.4, 0.5) is 0 Å². The molecule has 4 amide bonds. The number of hydrogen-bond acceptors (Lipinski definition) is 7. The molecule has 0 radical (unpaired) electrons. The van der Waals surface area contributed by atoms with E-state index in [9.17, 15) is 19.2 Å². The van der Waals surface area contributed by atoms with Crippen molar-refractivity contribution >= 4 is 34.5 Å². The highest BCUT2D eigenvalue weighted by molar-refractivity contribution is 5.90. The van der Waals surface area contributed by atoms with Crippen LogP contribution in [0.15, 0.2) is 66.9 Å². The number of hydrogen-bond donors (Lipinski definition) is 4. The zero-order valence-electron chi connectivity index (χ0n) is 24.5. The summed E-state index contributed by atoms with van der Waals surface area (Å²) in [5.41, 5.74) is 4.97. The average Bonchev–Trinajstić information content (AvgIpc) is 3.00. The molecule has 0 aliphatic heterocycles. The maximum Gasteiger partial charge on any atom is 0.245 e. The van der Waals surface area contributed by atoms with E-state index in [1.165, 1.54) is 14.0 Å². The lowest BCUT2D eigenvalue weighted by Crippen LogP contribution is -2.51. The number of ether oxygens (including phenoxy) is 1. The number of amides is 4. The molecule has 1 heterocycles. The smallest absolute Gasteiger partial charge is 0.245 e. The molecule has 3 rings (SSSR count). The molecule has 1 aromatic heterocycles. The molecule has 0 aliphatic carbocycles. The normalized spacial score (nSPS) is 11.0. The molecule has 4 N–H and O–H groups in total. The number of unbranched alkanes of at least 4 members (excludes halogenated alkanes) is 1. The van der Waals surface area contributed by atoms with Gasteiger partial charge in [0.25, 0.3) is 0 Å². The van der Waals surface area contributed by atoms with Crippen molar-refractivity contribution in [3.8, 4) is 0 Å². The van der Waals surface area contributed by atoms with Crippen molar-refractivity contribution in [2.24, 2.45) is 0 Å². The molecule has 0 bridgehead atoms. The van der Waals surface area contributed by atoms with Gasteiger partial charge in [-0.1, -0.05) is 67.9 Å². The summed E-state index contributed by atoms with van der Waals surface area (Å²) < 4.78 is 5.09. The van der Waals surface area contributed by atoms with E-state index in [1.54, 1.807) is 6.20 Å². The van der Waals surface area contributed by atoms with Gasteiger partial charge in [-0.2, -0.15) is 0 Å². The first kappa shape index (κ1) is 33.9. The van der Waals surface area contributed by atoms with Crippen molar-refractivity contribution in [1.29, 1.82) is 0 Å². The minimum atomic E-state index is -0.883. The van der Waals surface area contributed by atoms with E-state index in [2.05, 4.69) is 33.3 Å². The van der Waals surface area contributed by atoms with Crippen LogP contribution in [0.3, 0.4) is 0 Å². The Morgan fingerprint density at radius 1 is 0.929 bits per heavy atom. The summed E-state index contributed by atoms with van der Waals surface area (Å²) in [6, 6.07) is 18.3. The van der Waals surface area contributed by atoms with Crippen LogP contribution in [0.5, 0.6) is 0 Å². The van der Waals surface area contributed by atoms with Crippen LogP contribution >= 0.6 is 0 Å². The van der Waals surface area contributed by atoms with Crippen LogP contribution in [0, 0.1) is 0 Å². The average molecular weight is 580 g/mol. The summed E-state index contributed by atoms with van der Waals surface area (Å²) in [5, 5.41) is 9.00. The van der Waals surface area contributed by atoms with E-state index in [-0.39, 0.29) is 43.8 Å². The van der Waals surface area contributed by atoms with E-state index in [0.717, 1.165) is 34.9 Å². The highest BCUT2D eigenvalue weighted by Gasteiger charge is 2.21. The van der Waals surface area contributed by atoms with Gasteiger partial charge in [0.1, 0.15) is 6.04 Å². The maximum atomic E-state index is 12.7. The SMILES string of the molecule is CCCCONC(C)=O.COCC(NC(=O)CNC(=O)CCc1ccccc1)C(=O)NCc1cccc2cccnc12. The zero-order chi connectivity index (χ0) is 30.6. The largest absolute Gasteiger partial charge is 0.382 e. The highest BCUT2D eigenvalue weighted by Crippen LogP contribution is 2.15. The Labute approximate surface area is 246 Å². The number of rotatable bonds is 15. The van der Waals surface area contributed by atoms with E-state index in [1.807, 2.05) is 60.7 Å². The minimum Gasteiger partial charge on any atom is -0.382 e. The predicted octanol–water partition coefficient (Wildman–Crippen LogP) is 2.59. The second kappa shape index (κ2) is 19.7. The van der Waals surface area contributed by atoms with Crippen LogP contribution in [0.1, 0.15) is 44.2 Å². The second-order valence-electron chi connectivity index (χ2n) is 9.41. The van der Waals surface area contributed by atoms with Gasteiger partial charge in [-0.3, -0.25) is 29.0 Å². The zero-order valence-corrected chi connectivity index (χ0v) is 24.5. The van der Waals surface area contributed by atoms with Gasteiger partial charge in [-0.15, -0.1) is 0 Å². The number of nitrogens with one attached hydrogen (secondary N) is 4. The van der Waals surface area contributed by atoms with E-state index >= 15 is 0 Å². The third-order valence-corrected chi connectivity index (χ3v) is 5.90. The van der Waals surface area contributed by atoms with E-state index < -0.39 is 11.9 Å². The van der Waals surface area contributed by atoms with Crippen molar-refractivity contribution in [1.82, 2.24) is 26.4 Å². The number of aromatic nitrogens is 1. The number of nitrogens with zero attached hydrogens (tertiary/aromatic N) is 1. The quantitative estimate of drug-likeness (QED) is 0.160. The molecular weight excluding hydrogens is 538 g/mol. The Morgan fingerprint density at radius 2 is 1.69 bits per heavy atom. The Hall–Kier alpha value is -4.35. The Bertz CT molecular complexity index is 1270. The van der Waals surface area contributed by atoms with Crippen LogP contribution in [-0.4, -0.2) is 61.5 Å². The first-order chi connectivity index (χ1) is 20.3. The summed E-state index contributed by atoms with van der Waals surface area (Å²) in [6.07, 6.45) is 4.64. The fraction of sp³-hybridized carbons (Fsp3) is 0.387. The number of carbonyl (C=O) groups excluding carboxylic acids is 4. The minimum absolute atomic E-state index is 0.00726. The summed E-state index contributed by atoms with van der Waals surface area (Å²) in [4.78, 5) is 56.3. The lowest BCUT2D eigenvalue weighted by molar-refractivity contribution is -0.131. The van der Waals surface area contributed by atoms with Gasteiger partial charge < -0.3 is 20.7 Å². The number of para-hydroxylation sites is 1. The molecule has 11 nitrogen and oxygen atoms in total. The summed E-state index contributed by atoms with van der Waals surface area (Å²) >= 11 is 0. The number of benzene rings is 2. The van der Waals surface area contributed by atoms with Crippen LogP contribution < -0.4 is 21.4 Å². The van der Waals surface area contributed by atoms with Gasteiger partial charge >= 0.3 is 0 Å². The third kappa shape index (κ3) is 13.3. The van der Waals surface area contributed by atoms with Crippen molar-refractivity contribution in [3.63, 3.8) is 0 Å². The molecule has 1 unspecified atom stereocenters. The molecule has 0 fully saturated rings. The van der Waals surface area contributed by atoms with Gasteiger partial charge in [0.05, 0.1) is 25.3 Å². The molecule has 0 spiro atoms. The number of aryl methyl sites for hydroxylation is 1.